The quantitative estimate of drug-likeness (QED) is 0.498. The number of hydrogen-bond acceptors (Lipinski definition) is 4. The first-order valence-corrected chi connectivity index (χ1v) is 12.2. The van der Waals surface area contributed by atoms with E-state index in [0.29, 0.717) is 5.76 Å². The van der Waals surface area contributed by atoms with Gasteiger partial charge in [0.05, 0.1) is 6.10 Å². The Labute approximate surface area is 199 Å². The van der Waals surface area contributed by atoms with E-state index in [1.807, 2.05) is 49.4 Å². The van der Waals surface area contributed by atoms with Crippen molar-refractivity contribution in [2.24, 2.45) is 0 Å². The molecule has 170 valence electrons. The summed E-state index contributed by atoms with van der Waals surface area (Å²) in [5, 5.41) is 9.08. The van der Waals surface area contributed by atoms with E-state index in [1.165, 1.54) is 12.8 Å². The van der Waals surface area contributed by atoms with E-state index in [9.17, 15) is 4.79 Å². The van der Waals surface area contributed by atoms with Crippen molar-refractivity contribution >= 4 is 17.7 Å². The second-order valence-corrected chi connectivity index (χ2v) is 9.69. The van der Waals surface area contributed by atoms with Crippen LogP contribution in [0.15, 0.2) is 76.9 Å². The molecule has 1 unspecified atom stereocenters. The molecule has 5 heteroatoms. The Morgan fingerprint density at radius 3 is 2.58 bits per heavy atom. The molecule has 33 heavy (non-hydrogen) atoms. The van der Waals surface area contributed by atoms with Crippen molar-refractivity contribution in [2.75, 3.05) is 6.61 Å². The van der Waals surface area contributed by atoms with Gasteiger partial charge in [0.25, 0.3) is 0 Å². The minimum Gasteiger partial charge on any atom is -0.490 e. The maximum atomic E-state index is 10.8. The summed E-state index contributed by atoms with van der Waals surface area (Å²) < 4.78 is 11.7. The summed E-state index contributed by atoms with van der Waals surface area (Å²) in [6, 6.07) is 16.3. The summed E-state index contributed by atoms with van der Waals surface area (Å²) >= 11 is 1.76. The smallest absolute Gasteiger partial charge is 0.341 e. The van der Waals surface area contributed by atoms with Crippen LogP contribution in [0, 0.1) is 11.8 Å². The summed E-state index contributed by atoms with van der Waals surface area (Å²) in [4.78, 5) is 11.9. The molecule has 1 atom stereocenters. The van der Waals surface area contributed by atoms with Crippen molar-refractivity contribution in [1.82, 2.24) is 0 Å². The number of rotatable bonds is 7. The largest absolute Gasteiger partial charge is 0.490 e. The van der Waals surface area contributed by atoms with Gasteiger partial charge in [0.15, 0.2) is 6.61 Å². The van der Waals surface area contributed by atoms with E-state index in [-0.39, 0.29) is 18.0 Å². The number of allylic oxidation sites excluding steroid dienone is 2. The number of aliphatic carboxylic acids is 1. The van der Waals surface area contributed by atoms with Crippen LogP contribution in [0.4, 0.5) is 0 Å². The van der Waals surface area contributed by atoms with Crippen molar-refractivity contribution in [2.45, 2.75) is 55.3 Å². The molecule has 0 bridgehead atoms. The molecule has 1 saturated carbocycles. The van der Waals surface area contributed by atoms with Crippen molar-refractivity contribution in [1.29, 1.82) is 0 Å². The van der Waals surface area contributed by atoms with Crippen molar-refractivity contribution < 1.29 is 19.4 Å². The summed E-state index contributed by atoms with van der Waals surface area (Å²) in [5.41, 5.74) is 2.98. The first kappa shape index (κ1) is 23.1. The average Bonchev–Trinajstić information content (AvgIpc) is 3.31. The maximum absolute atomic E-state index is 10.8. The first-order valence-electron chi connectivity index (χ1n) is 11.3. The lowest BCUT2D eigenvalue weighted by Gasteiger charge is -2.21. The Hall–Kier alpha value is -3.10. The van der Waals surface area contributed by atoms with Gasteiger partial charge in [-0.3, -0.25) is 0 Å². The van der Waals surface area contributed by atoms with Gasteiger partial charge in [-0.25, -0.2) is 4.79 Å². The van der Waals surface area contributed by atoms with Crippen LogP contribution in [0.3, 0.4) is 0 Å². The fraction of sp³-hybridized carbons (Fsp3) is 0.321. The van der Waals surface area contributed by atoms with E-state index in [0.717, 1.165) is 46.6 Å². The van der Waals surface area contributed by atoms with Crippen LogP contribution < -0.4 is 4.74 Å². The number of carbonyl (C=O) groups is 1. The molecule has 2 aliphatic carbocycles. The first-order chi connectivity index (χ1) is 16.0. The molecule has 0 amide bonds. The second-order valence-electron chi connectivity index (χ2n) is 8.38. The highest BCUT2D eigenvalue weighted by molar-refractivity contribution is 8.00. The van der Waals surface area contributed by atoms with Gasteiger partial charge in [-0.2, -0.15) is 0 Å². The molecule has 0 heterocycles. The summed E-state index contributed by atoms with van der Waals surface area (Å²) in [6.07, 6.45) is 9.72. The van der Waals surface area contributed by atoms with Gasteiger partial charge in [0.1, 0.15) is 11.5 Å². The van der Waals surface area contributed by atoms with Crippen LogP contribution in [-0.4, -0.2) is 29.0 Å². The van der Waals surface area contributed by atoms with Gasteiger partial charge in [-0.1, -0.05) is 36.1 Å². The highest BCUT2D eigenvalue weighted by Crippen LogP contribution is 2.36. The summed E-state index contributed by atoms with van der Waals surface area (Å²) in [6.45, 7) is 1.67. The standard InChI is InChI=1S/C28H28O4S/c1-20-15-25(13-14-27(20)31-19-28(29)30)33-26-17-22(12-11-21-7-3-2-4-8-21)16-24(18-26)32-23-9-5-6-10-23/h2-4,7-8,13-14,16-18,23,25H,5-6,9-10,15,19H2,1H3,(H,29,30). The van der Waals surface area contributed by atoms with Gasteiger partial charge in [-0.05, 0) is 81.0 Å². The van der Waals surface area contributed by atoms with Gasteiger partial charge in [0.2, 0.25) is 0 Å². The van der Waals surface area contributed by atoms with Crippen LogP contribution in [0.2, 0.25) is 0 Å². The lowest BCUT2D eigenvalue weighted by molar-refractivity contribution is -0.140. The van der Waals surface area contributed by atoms with Gasteiger partial charge in [-0.15, -0.1) is 11.8 Å². The van der Waals surface area contributed by atoms with E-state index in [2.05, 4.69) is 30.0 Å². The zero-order chi connectivity index (χ0) is 23.0. The van der Waals surface area contributed by atoms with Crippen LogP contribution in [0.1, 0.15) is 50.2 Å². The topological polar surface area (TPSA) is 55.8 Å². The molecule has 2 aliphatic rings. The van der Waals surface area contributed by atoms with Gasteiger partial charge >= 0.3 is 5.97 Å². The van der Waals surface area contributed by atoms with Gasteiger partial charge in [0, 0.05) is 21.3 Å². The molecule has 1 fully saturated rings. The maximum Gasteiger partial charge on any atom is 0.341 e. The van der Waals surface area contributed by atoms with E-state index < -0.39 is 5.97 Å². The number of carboxylic acid groups (broad SMARTS) is 1. The van der Waals surface area contributed by atoms with Crippen molar-refractivity contribution in [3.05, 3.63) is 83.1 Å². The number of benzene rings is 2. The monoisotopic (exact) mass is 460 g/mol. The molecule has 1 N–H and O–H groups in total. The van der Waals surface area contributed by atoms with E-state index in [1.54, 1.807) is 11.8 Å². The summed E-state index contributed by atoms with van der Waals surface area (Å²) in [5.74, 6) is 7.11. The molecule has 0 aromatic heterocycles. The second kappa shape index (κ2) is 11.2. The predicted molar refractivity (Wildman–Crippen MR) is 131 cm³/mol. The number of thioether (sulfide) groups is 1. The van der Waals surface area contributed by atoms with Crippen LogP contribution in [-0.2, 0) is 9.53 Å². The number of ether oxygens (including phenoxy) is 2. The van der Waals surface area contributed by atoms with Gasteiger partial charge < -0.3 is 14.6 Å². The van der Waals surface area contributed by atoms with E-state index in [4.69, 9.17) is 14.6 Å². The van der Waals surface area contributed by atoms with Crippen LogP contribution in [0.5, 0.6) is 5.75 Å². The molecular formula is C28H28O4S. The van der Waals surface area contributed by atoms with Crippen molar-refractivity contribution in [3.63, 3.8) is 0 Å². The molecule has 2 aromatic rings. The zero-order valence-corrected chi connectivity index (χ0v) is 19.6. The van der Waals surface area contributed by atoms with Crippen LogP contribution >= 0.6 is 11.8 Å². The molecule has 0 aliphatic heterocycles. The van der Waals surface area contributed by atoms with Crippen molar-refractivity contribution in [3.8, 4) is 17.6 Å². The fourth-order valence-corrected chi connectivity index (χ4v) is 5.24. The Morgan fingerprint density at radius 1 is 1.09 bits per heavy atom. The molecular weight excluding hydrogens is 432 g/mol. The molecule has 2 aromatic carbocycles. The Balaban J connectivity index is 1.51. The lowest BCUT2D eigenvalue weighted by Crippen LogP contribution is -2.12. The SMILES string of the molecule is CC1=C(OCC(=O)O)C=CC(Sc2cc(C#Cc3ccccc3)cc(OC3CCCC3)c2)C1. The fourth-order valence-electron chi connectivity index (χ4n) is 4.02. The zero-order valence-electron chi connectivity index (χ0n) is 18.8. The normalized spacial score (nSPS) is 18.0. The number of hydrogen-bond donors (Lipinski definition) is 1. The molecule has 0 saturated heterocycles. The Bertz CT molecular complexity index is 1100. The minimum atomic E-state index is -0.969. The predicted octanol–water partition coefficient (Wildman–Crippen LogP) is 6.20. The third-order valence-corrected chi connectivity index (χ3v) is 6.77. The minimum absolute atomic E-state index is 0.235. The average molecular weight is 461 g/mol. The molecule has 4 rings (SSSR count). The highest BCUT2D eigenvalue weighted by atomic mass is 32.2. The number of carboxylic acids is 1. The Kier molecular flexibility index (Phi) is 7.80. The lowest BCUT2D eigenvalue weighted by atomic mass is 10.1. The summed E-state index contributed by atoms with van der Waals surface area (Å²) in [7, 11) is 0. The Morgan fingerprint density at radius 2 is 1.85 bits per heavy atom. The van der Waals surface area contributed by atoms with E-state index >= 15 is 0 Å². The molecule has 0 radical (unpaired) electrons. The molecule has 4 nitrogen and oxygen atoms in total. The molecule has 0 spiro atoms. The third-order valence-electron chi connectivity index (χ3n) is 5.64. The third kappa shape index (κ3) is 6.94. The van der Waals surface area contributed by atoms with Crippen LogP contribution in [0.25, 0.3) is 0 Å². The highest BCUT2D eigenvalue weighted by Gasteiger charge is 2.19.